The average Bonchev–Trinajstić information content (AvgIpc) is 2.66. The van der Waals surface area contributed by atoms with Crippen LogP contribution in [0.5, 0.6) is 0 Å². The van der Waals surface area contributed by atoms with Crippen molar-refractivity contribution in [2.24, 2.45) is 0 Å². The molecule has 0 bridgehead atoms. The third-order valence-electron chi connectivity index (χ3n) is 1.85. The molecule has 0 atom stereocenters. The first-order chi connectivity index (χ1) is 7.36. The zero-order valence-corrected chi connectivity index (χ0v) is 10.1. The maximum Gasteiger partial charge on any atom is 0.0951 e. The average molecular weight is 230 g/mol. The summed E-state index contributed by atoms with van der Waals surface area (Å²) in [5.41, 5.74) is 1.11. The molecule has 1 aromatic heterocycles. The Balaban J connectivity index is 2.14. The molecule has 1 heterocycles. The Bertz CT molecular complexity index is 266. The van der Waals surface area contributed by atoms with Crippen molar-refractivity contribution < 1.29 is 9.47 Å². The molecule has 0 unspecified atom stereocenters. The lowest BCUT2D eigenvalue weighted by atomic mass is 10.4. The van der Waals surface area contributed by atoms with Crippen molar-refractivity contribution >= 4 is 11.3 Å². The molecule has 4 nitrogen and oxygen atoms in total. The van der Waals surface area contributed by atoms with E-state index in [1.807, 2.05) is 7.05 Å². The van der Waals surface area contributed by atoms with Gasteiger partial charge in [0.15, 0.2) is 0 Å². The van der Waals surface area contributed by atoms with Crippen molar-refractivity contribution in [3.63, 3.8) is 0 Å². The summed E-state index contributed by atoms with van der Waals surface area (Å²) < 4.78 is 10.3. The number of aromatic nitrogens is 1. The third-order valence-corrected chi connectivity index (χ3v) is 2.81. The summed E-state index contributed by atoms with van der Waals surface area (Å²) in [5.74, 6) is 0. The molecule has 5 heteroatoms. The van der Waals surface area contributed by atoms with Gasteiger partial charge in [-0.15, -0.1) is 11.3 Å². The quantitative estimate of drug-likeness (QED) is 0.678. The molecule has 0 amide bonds. The van der Waals surface area contributed by atoms with E-state index < -0.39 is 0 Å². The zero-order valence-electron chi connectivity index (χ0n) is 9.28. The van der Waals surface area contributed by atoms with Gasteiger partial charge in [0, 0.05) is 25.5 Å². The Labute approximate surface area is 94.6 Å². The lowest BCUT2D eigenvalue weighted by Crippen LogP contribution is -2.06. The molecule has 0 fully saturated rings. The number of nitrogens with zero attached hydrogens (tertiary/aromatic N) is 1. The van der Waals surface area contributed by atoms with Crippen LogP contribution in [0, 0.1) is 0 Å². The minimum atomic E-state index is 0.656. The molecule has 86 valence electrons. The molecule has 0 spiro atoms. The number of rotatable bonds is 8. The van der Waals surface area contributed by atoms with E-state index in [1.54, 1.807) is 18.4 Å². The topological polar surface area (TPSA) is 43.4 Å². The van der Waals surface area contributed by atoms with Crippen LogP contribution in [0.1, 0.15) is 10.7 Å². The van der Waals surface area contributed by atoms with Gasteiger partial charge in [-0.1, -0.05) is 0 Å². The highest BCUT2D eigenvalue weighted by molar-refractivity contribution is 7.09. The maximum absolute atomic E-state index is 5.37. The largest absolute Gasteiger partial charge is 0.382 e. The molecule has 15 heavy (non-hydrogen) atoms. The van der Waals surface area contributed by atoms with Gasteiger partial charge in [0.1, 0.15) is 0 Å². The van der Waals surface area contributed by atoms with Crippen LogP contribution in [0.15, 0.2) is 5.38 Å². The minimum absolute atomic E-state index is 0.656. The van der Waals surface area contributed by atoms with Crippen LogP contribution in [0.3, 0.4) is 0 Å². The Hall–Kier alpha value is -0.490. The second kappa shape index (κ2) is 7.76. The Kier molecular flexibility index (Phi) is 6.50. The van der Waals surface area contributed by atoms with Crippen LogP contribution in [-0.4, -0.2) is 39.0 Å². The van der Waals surface area contributed by atoms with Gasteiger partial charge in [0.25, 0.3) is 0 Å². The highest BCUT2D eigenvalue weighted by Crippen LogP contribution is 2.10. The summed E-state index contributed by atoms with van der Waals surface area (Å²) in [7, 11) is 3.60. The van der Waals surface area contributed by atoms with Gasteiger partial charge in [-0.05, 0) is 7.05 Å². The van der Waals surface area contributed by atoms with Crippen molar-refractivity contribution in [2.45, 2.75) is 13.0 Å². The van der Waals surface area contributed by atoms with Crippen LogP contribution in [0.2, 0.25) is 0 Å². The zero-order chi connectivity index (χ0) is 10.9. The molecule has 1 N–H and O–H groups in total. The van der Waals surface area contributed by atoms with E-state index in [9.17, 15) is 0 Å². The molecule has 0 aromatic carbocycles. The number of hydrogen-bond acceptors (Lipinski definition) is 5. The highest BCUT2D eigenvalue weighted by atomic mass is 32.1. The van der Waals surface area contributed by atoms with Crippen molar-refractivity contribution in [1.29, 1.82) is 0 Å². The van der Waals surface area contributed by atoms with E-state index >= 15 is 0 Å². The van der Waals surface area contributed by atoms with Crippen LogP contribution in [0.25, 0.3) is 0 Å². The van der Waals surface area contributed by atoms with Crippen molar-refractivity contribution in [2.75, 3.05) is 34.0 Å². The molecule has 1 rings (SSSR count). The first-order valence-electron chi connectivity index (χ1n) is 5.01. The van der Waals surface area contributed by atoms with Gasteiger partial charge in [-0.2, -0.15) is 0 Å². The van der Waals surface area contributed by atoms with Gasteiger partial charge in [-0.3, -0.25) is 0 Å². The molecule has 1 aromatic rings. The SMILES string of the molecule is CNCc1csc(CCOCCOC)n1. The lowest BCUT2D eigenvalue weighted by molar-refractivity contribution is 0.0722. The molecule has 0 saturated carbocycles. The highest BCUT2D eigenvalue weighted by Gasteiger charge is 2.00. The second-order valence-electron chi connectivity index (χ2n) is 3.12. The van der Waals surface area contributed by atoms with Gasteiger partial charge in [-0.25, -0.2) is 4.98 Å². The maximum atomic E-state index is 5.37. The van der Waals surface area contributed by atoms with Crippen LogP contribution < -0.4 is 5.32 Å². The fourth-order valence-corrected chi connectivity index (χ4v) is 1.91. The first kappa shape index (κ1) is 12.6. The second-order valence-corrected chi connectivity index (χ2v) is 4.06. The van der Waals surface area contributed by atoms with Gasteiger partial charge in [0.05, 0.1) is 30.5 Å². The fraction of sp³-hybridized carbons (Fsp3) is 0.700. The first-order valence-corrected chi connectivity index (χ1v) is 5.89. The molecule has 0 saturated heterocycles. The third kappa shape index (κ3) is 5.22. The van der Waals surface area contributed by atoms with E-state index in [2.05, 4.69) is 15.7 Å². The Morgan fingerprint density at radius 3 is 3.00 bits per heavy atom. The van der Waals surface area contributed by atoms with E-state index in [0.717, 1.165) is 30.3 Å². The lowest BCUT2D eigenvalue weighted by Gasteiger charge is -2.00. The number of ether oxygens (including phenoxy) is 2. The number of thiazole rings is 1. The molecule has 0 aliphatic heterocycles. The molecule has 0 aliphatic rings. The van der Waals surface area contributed by atoms with E-state index in [-0.39, 0.29) is 0 Å². The standard InChI is InChI=1S/C10H18N2O2S/c1-11-7-9-8-15-10(12-9)3-4-14-6-5-13-2/h8,11H,3-7H2,1-2H3. The number of hydrogen-bond donors (Lipinski definition) is 1. The molecular weight excluding hydrogens is 212 g/mol. The Morgan fingerprint density at radius 1 is 1.40 bits per heavy atom. The van der Waals surface area contributed by atoms with Gasteiger partial charge >= 0.3 is 0 Å². The normalized spacial score (nSPS) is 10.8. The molecule has 0 aliphatic carbocycles. The Morgan fingerprint density at radius 2 is 2.27 bits per heavy atom. The van der Waals surface area contributed by atoms with E-state index in [1.165, 1.54) is 0 Å². The molecule has 0 radical (unpaired) electrons. The number of nitrogens with one attached hydrogen (secondary N) is 1. The smallest absolute Gasteiger partial charge is 0.0951 e. The summed E-state index contributed by atoms with van der Waals surface area (Å²) in [4.78, 5) is 4.46. The summed E-state index contributed by atoms with van der Waals surface area (Å²) >= 11 is 1.69. The van der Waals surface area contributed by atoms with Crippen molar-refractivity contribution in [1.82, 2.24) is 10.3 Å². The predicted molar refractivity (Wildman–Crippen MR) is 61.3 cm³/mol. The number of methoxy groups -OCH3 is 1. The monoisotopic (exact) mass is 230 g/mol. The summed E-state index contributed by atoms with van der Waals surface area (Å²) in [6, 6.07) is 0. The van der Waals surface area contributed by atoms with Crippen molar-refractivity contribution in [3.8, 4) is 0 Å². The van der Waals surface area contributed by atoms with Crippen molar-refractivity contribution in [3.05, 3.63) is 16.1 Å². The summed E-state index contributed by atoms with van der Waals surface area (Å²) in [6.45, 7) is 2.87. The molecular formula is C10H18N2O2S. The van der Waals surface area contributed by atoms with Crippen LogP contribution >= 0.6 is 11.3 Å². The van der Waals surface area contributed by atoms with E-state index in [0.29, 0.717) is 13.2 Å². The summed E-state index contributed by atoms with van der Waals surface area (Å²) in [5, 5.41) is 6.30. The predicted octanol–water partition coefficient (Wildman–Crippen LogP) is 1.07. The van der Waals surface area contributed by atoms with Gasteiger partial charge in [0.2, 0.25) is 0 Å². The van der Waals surface area contributed by atoms with Crippen LogP contribution in [0.4, 0.5) is 0 Å². The van der Waals surface area contributed by atoms with E-state index in [4.69, 9.17) is 9.47 Å². The fourth-order valence-electron chi connectivity index (χ4n) is 1.13. The van der Waals surface area contributed by atoms with Gasteiger partial charge < -0.3 is 14.8 Å². The summed E-state index contributed by atoms with van der Waals surface area (Å²) in [6.07, 6.45) is 0.887. The van der Waals surface area contributed by atoms with Crippen LogP contribution in [-0.2, 0) is 22.4 Å². The minimum Gasteiger partial charge on any atom is -0.382 e.